The molecule has 1 atom stereocenters. The quantitative estimate of drug-likeness (QED) is 0.813. The Morgan fingerprint density at radius 1 is 1.39 bits per heavy atom. The molecule has 0 saturated carbocycles. The second-order valence-electron chi connectivity index (χ2n) is 4.12. The van der Waals surface area contributed by atoms with E-state index in [0.717, 1.165) is 0 Å². The van der Waals surface area contributed by atoms with Gasteiger partial charge in [0, 0.05) is 12.3 Å². The van der Waals surface area contributed by atoms with Gasteiger partial charge in [0.25, 0.3) is 5.91 Å². The Kier molecular flexibility index (Phi) is 4.65. The monoisotopic (exact) mass is 252 g/mol. The molecule has 0 aliphatic rings. The van der Waals surface area contributed by atoms with Crippen LogP contribution in [0.2, 0.25) is 0 Å². The first-order chi connectivity index (χ1) is 8.45. The smallest absolute Gasteiger partial charge is 0.326 e. The molecule has 1 unspecified atom stereocenters. The van der Waals surface area contributed by atoms with Crippen molar-refractivity contribution in [3.8, 4) is 5.88 Å². The molecule has 0 aliphatic carbocycles. The minimum Gasteiger partial charge on any atom is -0.481 e. The van der Waals surface area contributed by atoms with Crippen LogP contribution in [0, 0.1) is 5.92 Å². The van der Waals surface area contributed by atoms with Gasteiger partial charge in [-0.25, -0.2) is 9.78 Å². The molecule has 0 aromatic carbocycles. The predicted molar refractivity (Wildman–Crippen MR) is 64.5 cm³/mol. The lowest BCUT2D eigenvalue weighted by Gasteiger charge is -2.17. The highest BCUT2D eigenvalue weighted by Crippen LogP contribution is 2.08. The van der Waals surface area contributed by atoms with Gasteiger partial charge >= 0.3 is 5.97 Å². The molecule has 0 aliphatic heterocycles. The number of hydrogen-bond acceptors (Lipinski definition) is 4. The molecule has 1 heterocycles. The Bertz CT molecular complexity index is 428. The molecule has 2 N–H and O–H groups in total. The zero-order valence-corrected chi connectivity index (χ0v) is 10.5. The van der Waals surface area contributed by atoms with Gasteiger partial charge in [0.15, 0.2) is 0 Å². The standard InChI is InChI=1S/C12H16N2O4/c1-7(2)10(12(16)17)14-11(15)8-4-5-9(18-3)13-6-8/h4-7,10H,1-3H3,(H,14,15)(H,16,17). The SMILES string of the molecule is COc1ccc(C(=O)NC(C(=O)O)C(C)C)cn1. The number of carboxylic acids is 1. The number of amides is 1. The zero-order chi connectivity index (χ0) is 13.7. The summed E-state index contributed by atoms with van der Waals surface area (Å²) in [5.74, 6) is -1.33. The molecule has 1 rings (SSSR count). The normalized spacial score (nSPS) is 12.0. The lowest BCUT2D eigenvalue weighted by molar-refractivity contribution is -0.140. The van der Waals surface area contributed by atoms with Gasteiger partial charge in [0.2, 0.25) is 5.88 Å². The van der Waals surface area contributed by atoms with E-state index in [-0.39, 0.29) is 5.92 Å². The number of carbonyl (C=O) groups excluding carboxylic acids is 1. The first-order valence-electron chi connectivity index (χ1n) is 5.49. The highest BCUT2D eigenvalue weighted by Gasteiger charge is 2.23. The summed E-state index contributed by atoms with van der Waals surface area (Å²) in [7, 11) is 1.47. The highest BCUT2D eigenvalue weighted by atomic mass is 16.5. The molecule has 1 aromatic heterocycles. The minimum absolute atomic E-state index is 0.197. The number of hydrogen-bond donors (Lipinski definition) is 2. The summed E-state index contributed by atoms with van der Waals surface area (Å²) in [4.78, 5) is 26.7. The van der Waals surface area contributed by atoms with E-state index in [1.165, 1.54) is 19.4 Å². The lowest BCUT2D eigenvalue weighted by Crippen LogP contribution is -2.44. The van der Waals surface area contributed by atoms with Gasteiger partial charge in [-0.05, 0) is 12.0 Å². The summed E-state index contributed by atoms with van der Waals surface area (Å²) in [6.45, 7) is 3.46. The fourth-order valence-electron chi connectivity index (χ4n) is 1.37. The van der Waals surface area contributed by atoms with E-state index in [0.29, 0.717) is 11.4 Å². The van der Waals surface area contributed by atoms with Crippen LogP contribution in [0.5, 0.6) is 5.88 Å². The Hall–Kier alpha value is -2.11. The average molecular weight is 252 g/mol. The Labute approximate surface area is 105 Å². The molecule has 0 radical (unpaired) electrons. The van der Waals surface area contributed by atoms with E-state index >= 15 is 0 Å². The number of carbonyl (C=O) groups is 2. The second-order valence-corrected chi connectivity index (χ2v) is 4.12. The Balaban J connectivity index is 2.77. The number of carboxylic acid groups (broad SMARTS) is 1. The molecular weight excluding hydrogens is 236 g/mol. The molecule has 6 heteroatoms. The number of pyridine rings is 1. The van der Waals surface area contributed by atoms with Crippen molar-refractivity contribution in [2.75, 3.05) is 7.11 Å². The summed E-state index contributed by atoms with van der Waals surface area (Å²) >= 11 is 0. The Morgan fingerprint density at radius 3 is 2.44 bits per heavy atom. The molecule has 98 valence electrons. The van der Waals surface area contributed by atoms with Crippen molar-refractivity contribution in [3.63, 3.8) is 0 Å². The Morgan fingerprint density at radius 2 is 2.06 bits per heavy atom. The van der Waals surface area contributed by atoms with Gasteiger partial charge in [-0.2, -0.15) is 0 Å². The van der Waals surface area contributed by atoms with Gasteiger partial charge in [-0.3, -0.25) is 4.79 Å². The number of ether oxygens (including phenoxy) is 1. The van der Waals surface area contributed by atoms with Gasteiger partial charge in [-0.1, -0.05) is 13.8 Å². The molecular formula is C12H16N2O4. The fraction of sp³-hybridized carbons (Fsp3) is 0.417. The average Bonchev–Trinajstić information content (AvgIpc) is 2.35. The lowest BCUT2D eigenvalue weighted by atomic mass is 10.0. The largest absolute Gasteiger partial charge is 0.481 e. The molecule has 0 bridgehead atoms. The van der Waals surface area contributed by atoms with Crippen molar-refractivity contribution in [1.29, 1.82) is 0 Å². The van der Waals surface area contributed by atoms with E-state index in [1.54, 1.807) is 19.9 Å². The first kappa shape index (κ1) is 14.0. The van der Waals surface area contributed by atoms with Crippen LogP contribution in [0.3, 0.4) is 0 Å². The maximum Gasteiger partial charge on any atom is 0.326 e. The zero-order valence-electron chi connectivity index (χ0n) is 10.5. The summed E-state index contributed by atoms with van der Waals surface area (Å²) in [6, 6.07) is 2.15. The number of methoxy groups -OCH3 is 1. The van der Waals surface area contributed by atoms with Crippen LogP contribution in [0.4, 0.5) is 0 Å². The van der Waals surface area contributed by atoms with Crippen molar-refractivity contribution in [3.05, 3.63) is 23.9 Å². The van der Waals surface area contributed by atoms with E-state index in [9.17, 15) is 9.59 Å². The van der Waals surface area contributed by atoms with Crippen molar-refractivity contribution in [1.82, 2.24) is 10.3 Å². The van der Waals surface area contributed by atoms with Gasteiger partial charge < -0.3 is 15.2 Å². The maximum absolute atomic E-state index is 11.8. The number of nitrogens with zero attached hydrogens (tertiary/aromatic N) is 1. The number of nitrogens with one attached hydrogen (secondary N) is 1. The summed E-state index contributed by atoms with van der Waals surface area (Å²) in [5, 5.41) is 11.4. The van der Waals surface area contributed by atoms with Crippen LogP contribution in [-0.4, -0.2) is 35.1 Å². The number of aromatic nitrogens is 1. The van der Waals surface area contributed by atoms with E-state index in [2.05, 4.69) is 10.3 Å². The molecule has 6 nitrogen and oxygen atoms in total. The third-order valence-corrected chi connectivity index (χ3v) is 2.43. The van der Waals surface area contributed by atoms with Crippen LogP contribution >= 0.6 is 0 Å². The van der Waals surface area contributed by atoms with Crippen molar-refractivity contribution in [2.45, 2.75) is 19.9 Å². The first-order valence-corrected chi connectivity index (χ1v) is 5.49. The molecule has 1 aromatic rings. The molecule has 0 fully saturated rings. The van der Waals surface area contributed by atoms with E-state index < -0.39 is 17.9 Å². The van der Waals surface area contributed by atoms with E-state index in [1.807, 2.05) is 0 Å². The summed E-state index contributed by atoms with van der Waals surface area (Å²) < 4.78 is 4.87. The number of aliphatic carboxylic acids is 1. The van der Waals surface area contributed by atoms with Crippen LogP contribution in [-0.2, 0) is 4.79 Å². The highest BCUT2D eigenvalue weighted by molar-refractivity contribution is 5.96. The van der Waals surface area contributed by atoms with Crippen molar-refractivity contribution >= 4 is 11.9 Å². The topological polar surface area (TPSA) is 88.5 Å². The molecule has 0 spiro atoms. The summed E-state index contributed by atoms with van der Waals surface area (Å²) in [5.41, 5.74) is 0.294. The summed E-state index contributed by atoms with van der Waals surface area (Å²) in [6.07, 6.45) is 1.34. The van der Waals surface area contributed by atoms with Crippen LogP contribution in [0.1, 0.15) is 24.2 Å². The second kappa shape index (κ2) is 6.00. The van der Waals surface area contributed by atoms with Gasteiger partial charge in [0.1, 0.15) is 6.04 Å². The maximum atomic E-state index is 11.8. The van der Waals surface area contributed by atoms with E-state index in [4.69, 9.17) is 9.84 Å². The third-order valence-electron chi connectivity index (χ3n) is 2.43. The molecule has 1 amide bonds. The van der Waals surface area contributed by atoms with Crippen molar-refractivity contribution < 1.29 is 19.4 Å². The van der Waals surface area contributed by atoms with Gasteiger partial charge in [0.05, 0.1) is 12.7 Å². The van der Waals surface area contributed by atoms with Gasteiger partial charge in [-0.15, -0.1) is 0 Å². The molecule has 18 heavy (non-hydrogen) atoms. The predicted octanol–water partition coefficient (Wildman–Crippen LogP) is 0.929. The number of rotatable bonds is 5. The van der Waals surface area contributed by atoms with Crippen LogP contribution in [0.25, 0.3) is 0 Å². The van der Waals surface area contributed by atoms with Crippen LogP contribution in [0.15, 0.2) is 18.3 Å². The van der Waals surface area contributed by atoms with Crippen LogP contribution < -0.4 is 10.1 Å². The fourth-order valence-corrected chi connectivity index (χ4v) is 1.37. The molecule has 0 saturated heterocycles. The minimum atomic E-state index is -1.06. The third kappa shape index (κ3) is 3.44. The van der Waals surface area contributed by atoms with Crippen molar-refractivity contribution in [2.24, 2.45) is 5.92 Å².